The molecule has 1 heterocycles. The van der Waals surface area contributed by atoms with Crippen LogP contribution in [0.15, 0.2) is 12.3 Å². The Morgan fingerprint density at radius 1 is 1.57 bits per heavy atom. The highest BCUT2D eigenvalue weighted by atomic mass is 16.3. The van der Waals surface area contributed by atoms with Gasteiger partial charge in [-0.3, -0.25) is 0 Å². The SMILES string of the molecule is CC[C@H](N)[C@H](O)c1cnc(N)c(C)c1. The van der Waals surface area contributed by atoms with E-state index in [2.05, 4.69) is 4.98 Å². The van der Waals surface area contributed by atoms with Gasteiger partial charge in [0.1, 0.15) is 5.82 Å². The van der Waals surface area contributed by atoms with E-state index in [1.54, 1.807) is 6.20 Å². The molecular formula is C10H17N3O. The molecule has 14 heavy (non-hydrogen) atoms. The normalized spacial score (nSPS) is 15.1. The molecule has 0 saturated carbocycles. The summed E-state index contributed by atoms with van der Waals surface area (Å²) in [6, 6.07) is 1.57. The molecule has 1 aromatic rings. The number of pyridine rings is 1. The van der Waals surface area contributed by atoms with E-state index in [0.29, 0.717) is 5.82 Å². The molecule has 1 aromatic heterocycles. The number of hydrogen-bond acceptors (Lipinski definition) is 4. The maximum absolute atomic E-state index is 9.80. The summed E-state index contributed by atoms with van der Waals surface area (Å²) >= 11 is 0. The Morgan fingerprint density at radius 2 is 2.21 bits per heavy atom. The van der Waals surface area contributed by atoms with Crippen LogP contribution in [-0.2, 0) is 0 Å². The summed E-state index contributed by atoms with van der Waals surface area (Å²) in [6.45, 7) is 3.79. The number of hydrogen-bond donors (Lipinski definition) is 3. The summed E-state index contributed by atoms with van der Waals surface area (Å²) in [4.78, 5) is 3.98. The maximum atomic E-state index is 9.80. The number of aromatic nitrogens is 1. The van der Waals surface area contributed by atoms with Gasteiger partial charge in [-0.05, 0) is 25.0 Å². The van der Waals surface area contributed by atoms with Crippen LogP contribution >= 0.6 is 0 Å². The molecule has 0 unspecified atom stereocenters. The highest BCUT2D eigenvalue weighted by Crippen LogP contribution is 2.19. The summed E-state index contributed by atoms with van der Waals surface area (Å²) in [6.07, 6.45) is 1.64. The minimum Gasteiger partial charge on any atom is -0.387 e. The number of nitrogens with two attached hydrogens (primary N) is 2. The third kappa shape index (κ3) is 2.21. The first kappa shape index (κ1) is 10.9. The lowest BCUT2D eigenvalue weighted by atomic mass is 10.0. The minimum absolute atomic E-state index is 0.250. The van der Waals surface area contributed by atoms with Crippen molar-refractivity contribution in [3.63, 3.8) is 0 Å². The molecule has 0 aliphatic heterocycles. The van der Waals surface area contributed by atoms with Gasteiger partial charge >= 0.3 is 0 Å². The van der Waals surface area contributed by atoms with E-state index < -0.39 is 6.10 Å². The predicted molar refractivity (Wildman–Crippen MR) is 56.6 cm³/mol. The zero-order chi connectivity index (χ0) is 10.7. The molecule has 4 heteroatoms. The van der Waals surface area contributed by atoms with Crippen LogP contribution in [0.2, 0.25) is 0 Å². The standard InChI is InChI=1S/C10H17N3O/c1-3-8(11)9(14)7-4-6(2)10(12)13-5-7/h4-5,8-9,14H,3,11H2,1-2H3,(H2,12,13)/t8-,9+/m0/s1. The molecule has 4 nitrogen and oxygen atoms in total. The maximum Gasteiger partial charge on any atom is 0.126 e. The van der Waals surface area contributed by atoms with Gasteiger partial charge < -0.3 is 16.6 Å². The van der Waals surface area contributed by atoms with Gasteiger partial charge in [0.15, 0.2) is 0 Å². The minimum atomic E-state index is -0.660. The largest absolute Gasteiger partial charge is 0.387 e. The number of aryl methyl sites for hydroxylation is 1. The van der Waals surface area contributed by atoms with Crippen molar-refractivity contribution in [3.8, 4) is 0 Å². The van der Waals surface area contributed by atoms with E-state index in [-0.39, 0.29) is 6.04 Å². The van der Waals surface area contributed by atoms with Gasteiger partial charge in [-0.2, -0.15) is 0 Å². The fourth-order valence-corrected chi connectivity index (χ4v) is 1.24. The average Bonchev–Trinajstić information content (AvgIpc) is 2.20. The first-order valence-electron chi connectivity index (χ1n) is 4.72. The first-order chi connectivity index (χ1) is 6.56. The average molecular weight is 195 g/mol. The van der Waals surface area contributed by atoms with Crippen LogP contribution in [-0.4, -0.2) is 16.1 Å². The van der Waals surface area contributed by atoms with Gasteiger partial charge in [0.25, 0.3) is 0 Å². The summed E-state index contributed by atoms with van der Waals surface area (Å²) in [5, 5.41) is 9.80. The van der Waals surface area contributed by atoms with Gasteiger partial charge in [0, 0.05) is 17.8 Å². The van der Waals surface area contributed by atoms with E-state index in [1.165, 1.54) is 0 Å². The molecule has 78 valence electrons. The van der Waals surface area contributed by atoms with Crippen LogP contribution < -0.4 is 11.5 Å². The molecule has 1 rings (SSSR count). The monoisotopic (exact) mass is 195 g/mol. The van der Waals surface area contributed by atoms with Crippen LogP contribution in [0.4, 0.5) is 5.82 Å². The van der Waals surface area contributed by atoms with Crippen LogP contribution in [0, 0.1) is 6.92 Å². The second-order valence-electron chi connectivity index (χ2n) is 3.49. The quantitative estimate of drug-likeness (QED) is 0.664. The molecule has 0 aliphatic rings. The zero-order valence-corrected chi connectivity index (χ0v) is 8.57. The van der Waals surface area contributed by atoms with Crippen molar-refractivity contribution < 1.29 is 5.11 Å². The lowest BCUT2D eigenvalue weighted by molar-refractivity contribution is 0.144. The van der Waals surface area contributed by atoms with E-state index in [0.717, 1.165) is 17.5 Å². The van der Waals surface area contributed by atoms with Gasteiger partial charge in [0.05, 0.1) is 6.10 Å². The molecule has 0 radical (unpaired) electrons. The highest BCUT2D eigenvalue weighted by molar-refractivity contribution is 5.40. The number of anilines is 1. The third-order valence-corrected chi connectivity index (χ3v) is 2.36. The zero-order valence-electron chi connectivity index (χ0n) is 8.57. The summed E-state index contributed by atoms with van der Waals surface area (Å²) in [5.41, 5.74) is 12.9. The van der Waals surface area contributed by atoms with Crippen molar-refractivity contribution in [2.45, 2.75) is 32.4 Å². The van der Waals surface area contributed by atoms with Gasteiger partial charge in [0.2, 0.25) is 0 Å². The fourth-order valence-electron chi connectivity index (χ4n) is 1.24. The van der Waals surface area contributed by atoms with Crippen molar-refractivity contribution in [2.75, 3.05) is 5.73 Å². The second kappa shape index (κ2) is 4.39. The molecule has 0 aliphatic carbocycles. The van der Waals surface area contributed by atoms with Gasteiger partial charge in [-0.15, -0.1) is 0 Å². The smallest absolute Gasteiger partial charge is 0.126 e. The molecule has 2 atom stereocenters. The number of nitrogen functional groups attached to an aromatic ring is 1. The lowest BCUT2D eigenvalue weighted by Crippen LogP contribution is -2.27. The Morgan fingerprint density at radius 3 is 2.71 bits per heavy atom. The molecule has 0 saturated heterocycles. The molecule has 0 bridgehead atoms. The molecule has 0 aromatic carbocycles. The van der Waals surface area contributed by atoms with E-state index in [1.807, 2.05) is 19.9 Å². The molecular weight excluding hydrogens is 178 g/mol. The Balaban J connectivity index is 2.91. The van der Waals surface area contributed by atoms with Crippen molar-refractivity contribution in [1.29, 1.82) is 0 Å². The number of rotatable bonds is 3. The van der Waals surface area contributed by atoms with Crippen molar-refractivity contribution in [3.05, 3.63) is 23.4 Å². The van der Waals surface area contributed by atoms with Gasteiger partial charge in [-0.1, -0.05) is 6.92 Å². The summed E-state index contributed by atoms with van der Waals surface area (Å²) < 4.78 is 0. The molecule has 5 N–H and O–H groups in total. The highest BCUT2D eigenvalue weighted by Gasteiger charge is 2.15. The van der Waals surface area contributed by atoms with Crippen molar-refractivity contribution >= 4 is 5.82 Å². The number of aliphatic hydroxyl groups is 1. The van der Waals surface area contributed by atoms with Gasteiger partial charge in [-0.25, -0.2) is 4.98 Å². The molecule has 0 fully saturated rings. The Hall–Kier alpha value is -1.13. The van der Waals surface area contributed by atoms with Crippen LogP contribution in [0.25, 0.3) is 0 Å². The Kier molecular flexibility index (Phi) is 3.43. The van der Waals surface area contributed by atoms with E-state index in [4.69, 9.17) is 11.5 Å². The second-order valence-corrected chi connectivity index (χ2v) is 3.49. The van der Waals surface area contributed by atoms with Crippen molar-refractivity contribution in [1.82, 2.24) is 4.98 Å². The third-order valence-electron chi connectivity index (χ3n) is 2.36. The molecule has 0 amide bonds. The van der Waals surface area contributed by atoms with Crippen molar-refractivity contribution in [2.24, 2.45) is 5.73 Å². The van der Waals surface area contributed by atoms with Crippen LogP contribution in [0.1, 0.15) is 30.6 Å². The Bertz CT molecular complexity index is 314. The first-order valence-corrected chi connectivity index (χ1v) is 4.72. The Labute approximate surface area is 83.9 Å². The predicted octanol–water partition coefficient (Wildman–Crippen LogP) is 0.743. The lowest BCUT2D eigenvalue weighted by Gasteiger charge is -2.17. The van der Waals surface area contributed by atoms with Crippen LogP contribution in [0.3, 0.4) is 0 Å². The number of nitrogens with zero attached hydrogens (tertiary/aromatic N) is 1. The molecule has 0 spiro atoms. The topological polar surface area (TPSA) is 85.2 Å². The van der Waals surface area contributed by atoms with Crippen LogP contribution in [0.5, 0.6) is 0 Å². The van der Waals surface area contributed by atoms with E-state index >= 15 is 0 Å². The fraction of sp³-hybridized carbons (Fsp3) is 0.500. The van der Waals surface area contributed by atoms with E-state index in [9.17, 15) is 5.11 Å². The summed E-state index contributed by atoms with van der Waals surface area (Å²) in [5.74, 6) is 0.492. The number of aliphatic hydroxyl groups excluding tert-OH is 1. The summed E-state index contributed by atoms with van der Waals surface area (Å²) in [7, 11) is 0.